The molecule has 0 radical (unpaired) electrons. The summed E-state index contributed by atoms with van der Waals surface area (Å²) in [5.74, 6) is 0.919. The number of nitrogens with one attached hydrogen (secondary N) is 1. The molecule has 0 bridgehead atoms. The minimum atomic E-state index is 0.255. The molecule has 17 heavy (non-hydrogen) atoms. The van der Waals surface area contributed by atoms with Gasteiger partial charge in [-0.15, -0.1) is 0 Å². The van der Waals surface area contributed by atoms with E-state index in [1.165, 1.54) is 0 Å². The Kier molecular flexibility index (Phi) is 4.34. The van der Waals surface area contributed by atoms with Crippen molar-refractivity contribution in [2.75, 3.05) is 20.3 Å². The first-order chi connectivity index (χ1) is 8.29. The molecule has 1 aromatic rings. The van der Waals surface area contributed by atoms with Crippen molar-refractivity contribution < 1.29 is 9.47 Å². The van der Waals surface area contributed by atoms with Crippen molar-refractivity contribution in [2.45, 2.75) is 32.4 Å². The second-order valence-electron chi connectivity index (χ2n) is 4.41. The number of aromatic nitrogens is 1. The molecule has 4 nitrogen and oxygen atoms in total. The molecule has 0 spiro atoms. The van der Waals surface area contributed by atoms with E-state index in [-0.39, 0.29) is 6.10 Å². The smallest absolute Gasteiger partial charge is 0.127 e. The van der Waals surface area contributed by atoms with Gasteiger partial charge in [-0.3, -0.25) is 4.98 Å². The summed E-state index contributed by atoms with van der Waals surface area (Å²) in [4.78, 5) is 4.29. The van der Waals surface area contributed by atoms with E-state index >= 15 is 0 Å². The van der Waals surface area contributed by atoms with Crippen LogP contribution in [-0.2, 0) is 11.3 Å². The van der Waals surface area contributed by atoms with Gasteiger partial charge in [0.05, 0.1) is 6.10 Å². The molecular weight excluding hydrogens is 216 g/mol. The minimum absolute atomic E-state index is 0.255. The second kappa shape index (κ2) is 5.98. The van der Waals surface area contributed by atoms with Gasteiger partial charge in [0.15, 0.2) is 0 Å². The average Bonchev–Trinajstić information content (AvgIpc) is 2.82. The van der Waals surface area contributed by atoms with E-state index in [4.69, 9.17) is 9.47 Å². The maximum absolute atomic E-state index is 5.85. The summed E-state index contributed by atoms with van der Waals surface area (Å²) in [5.41, 5.74) is 2.07. The van der Waals surface area contributed by atoms with Crippen LogP contribution in [0.25, 0.3) is 0 Å². The number of rotatable bonds is 5. The molecule has 1 atom stereocenters. The lowest BCUT2D eigenvalue weighted by molar-refractivity contribution is 0.0675. The molecule has 1 aromatic heterocycles. The molecule has 1 unspecified atom stereocenters. The quantitative estimate of drug-likeness (QED) is 0.844. The molecule has 1 N–H and O–H groups in total. The Bertz CT molecular complexity index is 362. The number of aryl methyl sites for hydroxylation is 1. The highest BCUT2D eigenvalue weighted by Crippen LogP contribution is 2.20. The van der Waals surface area contributed by atoms with Gasteiger partial charge >= 0.3 is 0 Å². The van der Waals surface area contributed by atoms with E-state index < -0.39 is 0 Å². The molecule has 94 valence electrons. The van der Waals surface area contributed by atoms with Gasteiger partial charge in [0, 0.05) is 36.7 Å². The molecule has 1 aliphatic heterocycles. The Morgan fingerprint density at radius 3 is 3.18 bits per heavy atom. The van der Waals surface area contributed by atoms with Gasteiger partial charge in [-0.25, -0.2) is 0 Å². The van der Waals surface area contributed by atoms with Crippen molar-refractivity contribution in [3.63, 3.8) is 0 Å². The van der Waals surface area contributed by atoms with E-state index in [0.29, 0.717) is 6.61 Å². The zero-order valence-electron chi connectivity index (χ0n) is 10.5. The van der Waals surface area contributed by atoms with E-state index in [2.05, 4.69) is 10.3 Å². The molecule has 4 heteroatoms. The standard InChI is InChI=1S/C13H20N2O2/c1-10-6-13(11(7-14-2)8-15-10)17-9-12-4-3-5-16-12/h6,8,12,14H,3-5,7,9H2,1-2H3. The van der Waals surface area contributed by atoms with Crippen LogP contribution < -0.4 is 10.1 Å². The van der Waals surface area contributed by atoms with Crippen molar-refractivity contribution >= 4 is 0 Å². The van der Waals surface area contributed by atoms with Crippen LogP contribution in [-0.4, -0.2) is 31.3 Å². The maximum Gasteiger partial charge on any atom is 0.127 e. The Morgan fingerprint density at radius 1 is 1.59 bits per heavy atom. The highest BCUT2D eigenvalue weighted by molar-refractivity contribution is 5.32. The fourth-order valence-electron chi connectivity index (χ4n) is 1.98. The first-order valence-electron chi connectivity index (χ1n) is 6.14. The normalized spacial score (nSPS) is 19.5. The SMILES string of the molecule is CNCc1cnc(C)cc1OCC1CCCO1. The lowest BCUT2D eigenvalue weighted by atomic mass is 10.2. The largest absolute Gasteiger partial charge is 0.490 e. The molecule has 1 saturated heterocycles. The summed E-state index contributed by atoms with van der Waals surface area (Å²) in [6.45, 7) is 4.25. The van der Waals surface area contributed by atoms with Crippen molar-refractivity contribution in [2.24, 2.45) is 0 Å². The Balaban J connectivity index is 1.99. The number of hydrogen-bond donors (Lipinski definition) is 1. The van der Waals surface area contributed by atoms with E-state index in [1.54, 1.807) is 0 Å². The summed E-state index contributed by atoms with van der Waals surface area (Å²) >= 11 is 0. The predicted molar refractivity (Wildman–Crippen MR) is 66.2 cm³/mol. The number of ether oxygens (including phenoxy) is 2. The molecule has 1 aliphatic rings. The molecular formula is C13H20N2O2. The highest BCUT2D eigenvalue weighted by Gasteiger charge is 2.16. The molecule has 0 saturated carbocycles. The fourth-order valence-corrected chi connectivity index (χ4v) is 1.98. The summed E-state index contributed by atoms with van der Waals surface area (Å²) in [7, 11) is 1.92. The molecule has 0 aliphatic carbocycles. The zero-order valence-corrected chi connectivity index (χ0v) is 10.5. The van der Waals surface area contributed by atoms with Gasteiger partial charge in [-0.2, -0.15) is 0 Å². The monoisotopic (exact) mass is 236 g/mol. The molecule has 2 heterocycles. The third-order valence-electron chi connectivity index (χ3n) is 2.90. The van der Waals surface area contributed by atoms with Crippen molar-refractivity contribution in [1.29, 1.82) is 0 Å². The van der Waals surface area contributed by atoms with Crippen LogP contribution in [0, 0.1) is 6.92 Å². The van der Waals surface area contributed by atoms with Crippen molar-refractivity contribution in [1.82, 2.24) is 10.3 Å². The average molecular weight is 236 g/mol. The van der Waals surface area contributed by atoms with Gasteiger partial charge in [0.2, 0.25) is 0 Å². The zero-order chi connectivity index (χ0) is 12.1. The number of hydrogen-bond acceptors (Lipinski definition) is 4. The van der Waals surface area contributed by atoms with E-state index in [1.807, 2.05) is 26.2 Å². The third-order valence-corrected chi connectivity index (χ3v) is 2.90. The lowest BCUT2D eigenvalue weighted by Gasteiger charge is -2.14. The van der Waals surface area contributed by atoms with Crippen LogP contribution in [0.5, 0.6) is 5.75 Å². The Morgan fingerprint density at radius 2 is 2.47 bits per heavy atom. The van der Waals surface area contributed by atoms with Crippen LogP contribution in [0.3, 0.4) is 0 Å². The summed E-state index contributed by atoms with van der Waals surface area (Å²) < 4.78 is 11.4. The first kappa shape index (κ1) is 12.3. The van der Waals surface area contributed by atoms with Gasteiger partial charge in [-0.05, 0) is 26.8 Å². The van der Waals surface area contributed by atoms with Crippen LogP contribution in [0.2, 0.25) is 0 Å². The summed E-state index contributed by atoms with van der Waals surface area (Å²) in [6, 6.07) is 1.99. The Labute approximate surface area is 102 Å². The lowest BCUT2D eigenvalue weighted by Crippen LogP contribution is -2.17. The Hall–Kier alpha value is -1.13. The molecule has 0 amide bonds. The first-order valence-corrected chi connectivity index (χ1v) is 6.14. The minimum Gasteiger partial charge on any atom is -0.490 e. The number of pyridine rings is 1. The maximum atomic E-state index is 5.85. The summed E-state index contributed by atoms with van der Waals surface area (Å²) in [5, 5.41) is 3.12. The van der Waals surface area contributed by atoms with Crippen LogP contribution >= 0.6 is 0 Å². The molecule has 2 rings (SSSR count). The molecule has 1 fully saturated rings. The van der Waals surface area contributed by atoms with Crippen molar-refractivity contribution in [3.05, 3.63) is 23.5 Å². The van der Waals surface area contributed by atoms with Crippen LogP contribution in [0.4, 0.5) is 0 Å². The van der Waals surface area contributed by atoms with Crippen LogP contribution in [0.15, 0.2) is 12.3 Å². The number of nitrogens with zero attached hydrogens (tertiary/aromatic N) is 1. The van der Waals surface area contributed by atoms with E-state index in [9.17, 15) is 0 Å². The van der Waals surface area contributed by atoms with Crippen LogP contribution in [0.1, 0.15) is 24.1 Å². The third kappa shape index (κ3) is 3.41. The van der Waals surface area contributed by atoms with Crippen molar-refractivity contribution in [3.8, 4) is 5.75 Å². The van der Waals surface area contributed by atoms with Gasteiger partial charge in [-0.1, -0.05) is 0 Å². The van der Waals surface area contributed by atoms with E-state index in [0.717, 1.165) is 43.0 Å². The van der Waals surface area contributed by atoms with Gasteiger partial charge in [0.25, 0.3) is 0 Å². The van der Waals surface area contributed by atoms with Gasteiger partial charge in [0.1, 0.15) is 12.4 Å². The molecule has 0 aromatic carbocycles. The topological polar surface area (TPSA) is 43.4 Å². The summed E-state index contributed by atoms with van der Waals surface area (Å²) in [6.07, 6.45) is 4.38. The second-order valence-corrected chi connectivity index (χ2v) is 4.41. The highest BCUT2D eigenvalue weighted by atomic mass is 16.5. The van der Waals surface area contributed by atoms with Gasteiger partial charge < -0.3 is 14.8 Å². The fraction of sp³-hybridized carbons (Fsp3) is 0.615. The predicted octanol–water partition coefficient (Wildman–Crippen LogP) is 1.67.